The second-order valence-corrected chi connectivity index (χ2v) is 0.956. The average Bonchev–Trinajstić information content (AvgIpc) is 1.90. The van der Waals surface area contributed by atoms with Crippen molar-refractivity contribution >= 4 is 12.6 Å². The molecule has 1 aliphatic heterocycles. The van der Waals surface area contributed by atoms with Gasteiger partial charge in [0, 0.05) is 6.20 Å². The lowest BCUT2D eigenvalue weighted by atomic mass is 10.7. The lowest BCUT2D eigenvalue weighted by molar-refractivity contribution is 0.349. The minimum Gasteiger partial charge on any atom is -0.345 e. The van der Waals surface area contributed by atoms with E-state index in [1.54, 1.807) is 12.3 Å². The van der Waals surface area contributed by atoms with Gasteiger partial charge in [0.05, 0.1) is 6.21 Å². The first kappa shape index (κ1) is 4.05. The number of hydrogen-bond acceptors (Lipinski definition) is 3. The van der Waals surface area contributed by atoms with Crippen molar-refractivity contribution in [2.45, 2.75) is 0 Å². The zero-order valence-corrected chi connectivity index (χ0v) is 3.61. The molecule has 1 heterocycles. The van der Waals surface area contributed by atoms with Crippen molar-refractivity contribution in [1.82, 2.24) is 0 Å². The summed E-state index contributed by atoms with van der Waals surface area (Å²) in [5.74, 6) is 0. The van der Waals surface area contributed by atoms with E-state index in [1.165, 1.54) is 12.6 Å². The summed E-state index contributed by atoms with van der Waals surface area (Å²) in [5.41, 5.74) is 0. The Balaban J connectivity index is 2.60. The van der Waals surface area contributed by atoms with E-state index in [4.69, 9.17) is 0 Å². The molecule has 1 rings (SSSR count). The van der Waals surface area contributed by atoms with Crippen LogP contribution in [0.4, 0.5) is 0 Å². The minimum atomic E-state index is 1.26. The van der Waals surface area contributed by atoms with Gasteiger partial charge in [-0.1, -0.05) is 5.16 Å². The third-order valence-corrected chi connectivity index (χ3v) is 0.488. The Morgan fingerprint density at radius 1 is 1.43 bits per heavy atom. The predicted molar refractivity (Wildman–Crippen MR) is 27.2 cm³/mol. The smallest absolute Gasteiger partial charge is 0.211 e. The Hall–Kier alpha value is -1.12. The molecule has 0 fully saturated rings. The number of oxime groups is 1. The van der Waals surface area contributed by atoms with Crippen molar-refractivity contribution in [3.05, 3.63) is 12.3 Å². The summed E-state index contributed by atoms with van der Waals surface area (Å²) in [6.45, 7) is 0. The normalized spacial score (nSPS) is 16.0. The highest BCUT2D eigenvalue weighted by molar-refractivity contribution is 5.72. The van der Waals surface area contributed by atoms with Crippen LogP contribution in [0.2, 0.25) is 0 Å². The highest BCUT2D eigenvalue weighted by atomic mass is 16.6. The molecule has 0 unspecified atom stereocenters. The van der Waals surface area contributed by atoms with Gasteiger partial charge in [0.2, 0.25) is 6.40 Å². The average molecular weight is 96.1 g/mol. The first-order chi connectivity index (χ1) is 3.50. The van der Waals surface area contributed by atoms with Gasteiger partial charge in [-0.3, -0.25) is 0 Å². The van der Waals surface area contributed by atoms with Crippen LogP contribution in [0.15, 0.2) is 22.4 Å². The van der Waals surface area contributed by atoms with Crippen LogP contribution in [0, 0.1) is 0 Å². The molecule has 7 heavy (non-hydrogen) atoms. The van der Waals surface area contributed by atoms with Crippen LogP contribution in [0.5, 0.6) is 0 Å². The highest BCUT2D eigenvalue weighted by Crippen LogP contribution is 1.78. The van der Waals surface area contributed by atoms with Gasteiger partial charge < -0.3 is 4.84 Å². The molecule has 0 bridgehead atoms. The topological polar surface area (TPSA) is 34.0 Å². The van der Waals surface area contributed by atoms with Gasteiger partial charge in [-0.2, -0.15) is 0 Å². The van der Waals surface area contributed by atoms with Crippen molar-refractivity contribution < 1.29 is 4.84 Å². The Kier molecular flexibility index (Phi) is 1.23. The fourth-order valence-electron chi connectivity index (χ4n) is 0.248. The quantitative estimate of drug-likeness (QED) is 0.433. The van der Waals surface area contributed by atoms with Crippen LogP contribution in [-0.2, 0) is 4.84 Å². The Labute approximate surface area is 41.0 Å². The summed E-state index contributed by atoms with van der Waals surface area (Å²) in [5, 5.41) is 3.41. The van der Waals surface area contributed by atoms with E-state index < -0.39 is 0 Å². The van der Waals surface area contributed by atoms with Crippen molar-refractivity contribution in [1.29, 1.82) is 0 Å². The maximum atomic E-state index is 4.41. The molecule has 3 nitrogen and oxygen atoms in total. The van der Waals surface area contributed by atoms with Gasteiger partial charge >= 0.3 is 0 Å². The number of hydrogen-bond donors (Lipinski definition) is 0. The lowest BCUT2D eigenvalue weighted by Gasteiger charge is -1.76. The van der Waals surface area contributed by atoms with Gasteiger partial charge in [-0.05, 0) is 6.08 Å². The molecule has 0 atom stereocenters. The third-order valence-electron chi connectivity index (χ3n) is 0.488. The van der Waals surface area contributed by atoms with Crippen LogP contribution in [0.25, 0.3) is 0 Å². The van der Waals surface area contributed by atoms with Gasteiger partial charge in [0.1, 0.15) is 0 Å². The number of aliphatic imine (C=N–C) groups is 1. The summed E-state index contributed by atoms with van der Waals surface area (Å²) in [6.07, 6.45) is 6.06. The molecule has 0 saturated carbocycles. The number of allylic oxidation sites excluding steroid dienone is 1. The van der Waals surface area contributed by atoms with Crippen LogP contribution < -0.4 is 0 Å². The molecule has 0 N–H and O–H groups in total. The van der Waals surface area contributed by atoms with Crippen molar-refractivity contribution in [3.8, 4) is 0 Å². The van der Waals surface area contributed by atoms with E-state index in [0.717, 1.165) is 0 Å². The zero-order chi connectivity index (χ0) is 4.95. The zero-order valence-electron chi connectivity index (χ0n) is 3.61. The molecule has 0 aromatic rings. The molecular formula is C4H4N2O. The van der Waals surface area contributed by atoms with Gasteiger partial charge in [0.15, 0.2) is 0 Å². The Morgan fingerprint density at radius 2 is 2.43 bits per heavy atom. The van der Waals surface area contributed by atoms with E-state index in [2.05, 4.69) is 15.0 Å². The fourth-order valence-corrected chi connectivity index (χ4v) is 0.248. The van der Waals surface area contributed by atoms with E-state index in [9.17, 15) is 0 Å². The molecule has 1 aliphatic rings. The summed E-state index contributed by atoms with van der Waals surface area (Å²) < 4.78 is 0. The lowest BCUT2D eigenvalue weighted by Crippen LogP contribution is -1.70. The highest BCUT2D eigenvalue weighted by Gasteiger charge is 1.71. The van der Waals surface area contributed by atoms with Crippen LogP contribution in [-0.4, -0.2) is 12.6 Å². The molecule has 0 spiro atoms. The monoisotopic (exact) mass is 96.0 g/mol. The molecule has 3 heteroatoms. The van der Waals surface area contributed by atoms with Crippen LogP contribution >= 0.6 is 0 Å². The van der Waals surface area contributed by atoms with Gasteiger partial charge in [0.25, 0.3) is 0 Å². The maximum Gasteiger partial charge on any atom is 0.211 e. The first-order valence-electron chi connectivity index (χ1n) is 1.86. The second-order valence-electron chi connectivity index (χ2n) is 0.956. The minimum absolute atomic E-state index is 1.26. The molecule has 0 aromatic carbocycles. The summed E-state index contributed by atoms with van der Waals surface area (Å²) in [6, 6.07) is 0. The summed E-state index contributed by atoms with van der Waals surface area (Å²) in [4.78, 5) is 8.03. The fraction of sp³-hybridized carbons (Fsp3) is 0. The van der Waals surface area contributed by atoms with E-state index in [-0.39, 0.29) is 0 Å². The van der Waals surface area contributed by atoms with Gasteiger partial charge in [-0.15, -0.1) is 0 Å². The third kappa shape index (κ3) is 1.17. The Bertz CT molecular complexity index is 112. The van der Waals surface area contributed by atoms with Crippen molar-refractivity contribution in [3.63, 3.8) is 0 Å². The van der Waals surface area contributed by atoms with Crippen molar-refractivity contribution in [2.75, 3.05) is 0 Å². The van der Waals surface area contributed by atoms with Crippen LogP contribution in [0.1, 0.15) is 0 Å². The summed E-state index contributed by atoms with van der Waals surface area (Å²) >= 11 is 0. The Morgan fingerprint density at radius 3 is 3.43 bits per heavy atom. The molecule has 36 valence electrons. The van der Waals surface area contributed by atoms with E-state index in [1.807, 2.05) is 0 Å². The second kappa shape index (κ2) is 2.12. The molecule has 0 amide bonds. The summed E-state index contributed by atoms with van der Waals surface area (Å²) in [7, 11) is 0. The van der Waals surface area contributed by atoms with E-state index in [0.29, 0.717) is 0 Å². The first-order valence-corrected chi connectivity index (χ1v) is 1.86. The van der Waals surface area contributed by atoms with Crippen molar-refractivity contribution in [2.24, 2.45) is 10.1 Å². The molecule has 0 aliphatic carbocycles. The molecule has 0 saturated heterocycles. The molecule has 0 radical (unpaired) electrons. The van der Waals surface area contributed by atoms with Crippen LogP contribution in [0.3, 0.4) is 0 Å². The number of rotatable bonds is 0. The van der Waals surface area contributed by atoms with E-state index >= 15 is 0 Å². The van der Waals surface area contributed by atoms with Gasteiger partial charge in [-0.25, -0.2) is 4.99 Å². The molecule has 0 aromatic heterocycles. The largest absolute Gasteiger partial charge is 0.345 e. The molecular weight excluding hydrogens is 92.1 g/mol. The predicted octanol–water partition coefficient (Wildman–Crippen LogP) is 0.544. The number of nitrogens with zero attached hydrogens (tertiary/aromatic N) is 2. The maximum absolute atomic E-state index is 4.41. The SMILES string of the molecule is C1=CN=CON=C1. The standard InChI is InChI=1S/C4H4N2O/c1-2-5-4-7-6-3-1/h1-4H.